The Balaban J connectivity index is 2.63. The summed E-state index contributed by atoms with van der Waals surface area (Å²) in [6.07, 6.45) is 0. The lowest BCUT2D eigenvalue weighted by Crippen LogP contribution is -2.17. The van der Waals surface area contributed by atoms with Crippen LogP contribution in [0, 0.1) is 54.4 Å². The fraction of sp³-hybridized carbons (Fsp3) is 0. The Morgan fingerprint density at radius 1 is 0.708 bits per heavy atom. The van der Waals surface area contributed by atoms with Gasteiger partial charge in [-0.05, 0) is 12.1 Å². The molecule has 0 atom stereocenters. The van der Waals surface area contributed by atoms with Crippen molar-refractivity contribution in [2.24, 2.45) is 0 Å². The van der Waals surface area contributed by atoms with Crippen molar-refractivity contribution < 1.29 is 9.59 Å². The van der Waals surface area contributed by atoms with E-state index >= 15 is 0 Å². The predicted octanol–water partition coefficient (Wildman–Crippen LogP) is 0.871. The fourth-order valence-electron chi connectivity index (χ4n) is 2.22. The maximum absolute atomic E-state index is 12.3. The number of carbonyl (C=O) groups excluding carboxylic acids is 2. The fourth-order valence-corrected chi connectivity index (χ4v) is 4.58. The number of fused-ring (bicyclic) bond motifs is 2. The lowest BCUT2D eigenvalue weighted by molar-refractivity contribution is 0.0814. The Labute approximate surface area is 142 Å². The van der Waals surface area contributed by atoms with Gasteiger partial charge in [-0.25, -0.2) is 0 Å². The van der Waals surface area contributed by atoms with E-state index in [9.17, 15) is 9.59 Å². The molecule has 6 nitrogen and oxygen atoms in total. The first-order chi connectivity index (χ1) is 11.5. The van der Waals surface area contributed by atoms with Crippen LogP contribution >= 0.6 is 22.7 Å². The average molecular weight is 346 g/mol. The van der Waals surface area contributed by atoms with Crippen LogP contribution in [0.4, 0.5) is 0 Å². The standard InChI is InChI=1S/C16H2N4O2S2/c17-3-7(4-18)11-1-9-13(21)14(22)10-2-12(8(5-19)6-20)24-16(10)15(9)23-11/h1-2H. The molecule has 0 fully saturated rings. The maximum atomic E-state index is 12.3. The van der Waals surface area contributed by atoms with Crippen LogP contribution in [0.15, 0.2) is 12.1 Å². The highest BCUT2D eigenvalue weighted by Gasteiger charge is 2.28. The summed E-state index contributed by atoms with van der Waals surface area (Å²) in [6.45, 7) is 0. The maximum Gasteiger partial charge on any atom is 0.235 e. The summed E-state index contributed by atoms with van der Waals surface area (Å²) >= 11 is 2.12. The Hall–Kier alpha value is -3.56. The molecule has 0 aliphatic heterocycles. The van der Waals surface area contributed by atoms with Gasteiger partial charge >= 0.3 is 0 Å². The van der Waals surface area contributed by atoms with Gasteiger partial charge in [-0.15, -0.1) is 22.7 Å². The lowest BCUT2D eigenvalue weighted by Gasteiger charge is -2.01. The van der Waals surface area contributed by atoms with Gasteiger partial charge in [0.05, 0.1) is 18.1 Å². The second-order valence-electron chi connectivity index (χ2n) is 4.56. The SMILES string of the molecule is N#CC(C#N)=c1cc2c(s1)=c1sc(=C(C#N)C#N)cc1C(=O)C2=O. The quantitative estimate of drug-likeness (QED) is 0.651. The van der Waals surface area contributed by atoms with E-state index < -0.39 is 11.6 Å². The first-order valence-corrected chi connectivity index (χ1v) is 7.91. The summed E-state index contributed by atoms with van der Waals surface area (Å²) in [4.78, 5) is 24.5. The molecule has 0 bridgehead atoms. The highest BCUT2D eigenvalue weighted by Crippen LogP contribution is 2.22. The normalized spacial score (nSPS) is 11.3. The predicted molar refractivity (Wildman–Crippen MR) is 83.5 cm³/mol. The number of rotatable bonds is 0. The first kappa shape index (κ1) is 15.3. The zero-order valence-electron chi connectivity index (χ0n) is 11.6. The molecule has 2 aromatic heterocycles. The minimum atomic E-state index is -0.727. The van der Waals surface area contributed by atoms with E-state index in [1.165, 1.54) is 12.1 Å². The highest BCUT2D eigenvalue weighted by molar-refractivity contribution is 7.12. The van der Waals surface area contributed by atoms with Gasteiger partial charge in [0.25, 0.3) is 0 Å². The zero-order valence-corrected chi connectivity index (χ0v) is 13.2. The van der Waals surface area contributed by atoms with Crippen molar-refractivity contribution in [2.75, 3.05) is 0 Å². The van der Waals surface area contributed by atoms with Crippen LogP contribution in [0.25, 0.3) is 11.1 Å². The van der Waals surface area contributed by atoms with Gasteiger partial charge in [0, 0.05) is 11.1 Å². The smallest absolute Gasteiger partial charge is 0.235 e. The van der Waals surface area contributed by atoms with E-state index in [1.807, 2.05) is 0 Å². The van der Waals surface area contributed by atoms with Gasteiger partial charge < -0.3 is 0 Å². The molecular weight excluding hydrogens is 344 g/mol. The number of Topliss-reactive ketones (excluding diaryl/α,β-unsaturated/α-hetero) is 2. The Bertz CT molecular complexity index is 1200. The number of thiophene rings is 2. The molecule has 0 amide bonds. The number of ketones is 2. The molecule has 1 aliphatic carbocycles. The number of nitrogens with zero attached hydrogens (tertiary/aromatic N) is 4. The van der Waals surface area contributed by atoms with Crippen LogP contribution in [-0.4, -0.2) is 11.6 Å². The molecule has 0 radical (unpaired) electrons. The third-order valence-electron chi connectivity index (χ3n) is 3.31. The van der Waals surface area contributed by atoms with Gasteiger partial charge in [0.1, 0.15) is 35.4 Å². The van der Waals surface area contributed by atoms with Crippen molar-refractivity contribution in [1.82, 2.24) is 0 Å². The molecule has 0 N–H and O–H groups in total. The van der Waals surface area contributed by atoms with Gasteiger partial charge in [-0.3, -0.25) is 9.59 Å². The molecular formula is C16H2N4O2S2. The summed E-state index contributed by atoms with van der Waals surface area (Å²) in [6, 6.07) is 9.74. The molecule has 2 heterocycles. The van der Waals surface area contributed by atoms with Gasteiger partial charge in [0.2, 0.25) is 11.6 Å². The van der Waals surface area contributed by atoms with Crippen LogP contribution in [0.1, 0.15) is 20.7 Å². The van der Waals surface area contributed by atoms with E-state index in [2.05, 4.69) is 0 Å². The lowest BCUT2D eigenvalue weighted by atomic mass is 10.00. The Morgan fingerprint density at radius 2 is 1.04 bits per heavy atom. The number of carbonyl (C=O) groups is 2. The molecule has 0 unspecified atom stereocenters. The zero-order chi connectivity index (χ0) is 17.4. The molecule has 2 aromatic rings. The molecule has 1 aliphatic rings. The second-order valence-corrected chi connectivity index (χ2v) is 6.67. The second kappa shape index (κ2) is 5.57. The summed E-state index contributed by atoms with van der Waals surface area (Å²) in [5.41, 5.74) is -0.0118. The van der Waals surface area contributed by atoms with Crippen LogP contribution in [0.2, 0.25) is 0 Å². The van der Waals surface area contributed by atoms with E-state index in [0.717, 1.165) is 22.7 Å². The molecule has 0 spiro atoms. The third-order valence-corrected chi connectivity index (χ3v) is 5.78. The molecule has 110 valence electrons. The minimum Gasteiger partial charge on any atom is -0.285 e. The Morgan fingerprint density at radius 3 is 1.33 bits per heavy atom. The Kier molecular flexibility index (Phi) is 3.56. The number of nitriles is 4. The molecule has 8 heteroatoms. The minimum absolute atomic E-state index is 0.138. The monoisotopic (exact) mass is 346 g/mol. The third kappa shape index (κ3) is 2.04. The number of hydrogen-bond donors (Lipinski definition) is 0. The van der Waals surface area contributed by atoms with Crippen LogP contribution in [-0.2, 0) is 0 Å². The van der Waals surface area contributed by atoms with Gasteiger partial charge in [-0.1, -0.05) is 0 Å². The van der Waals surface area contributed by atoms with Crippen LogP contribution in [0.3, 0.4) is 0 Å². The summed E-state index contributed by atoms with van der Waals surface area (Å²) < 4.78 is 1.55. The van der Waals surface area contributed by atoms with Crippen molar-refractivity contribution in [2.45, 2.75) is 0 Å². The van der Waals surface area contributed by atoms with Crippen molar-refractivity contribution in [1.29, 1.82) is 21.0 Å². The highest BCUT2D eigenvalue weighted by atomic mass is 32.1. The van der Waals surface area contributed by atoms with Crippen molar-refractivity contribution in [3.8, 4) is 24.3 Å². The van der Waals surface area contributed by atoms with Crippen LogP contribution < -0.4 is 9.06 Å². The molecule has 3 rings (SSSR count). The van der Waals surface area contributed by atoms with E-state index in [0.29, 0.717) is 18.1 Å². The topological polar surface area (TPSA) is 129 Å². The molecule has 0 saturated heterocycles. The summed E-state index contributed by atoms with van der Waals surface area (Å²) in [7, 11) is 0. The van der Waals surface area contributed by atoms with E-state index in [-0.39, 0.29) is 22.3 Å². The summed E-state index contributed by atoms with van der Waals surface area (Å²) in [5.74, 6) is -1.45. The van der Waals surface area contributed by atoms with Crippen molar-refractivity contribution in [3.05, 3.63) is 41.4 Å². The summed E-state index contributed by atoms with van der Waals surface area (Å²) in [5, 5.41) is 35.9. The molecule has 0 aromatic carbocycles. The molecule has 24 heavy (non-hydrogen) atoms. The molecule has 0 saturated carbocycles. The van der Waals surface area contributed by atoms with E-state index in [4.69, 9.17) is 21.0 Å². The number of hydrogen-bond acceptors (Lipinski definition) is 8. The van der Waals surface area contributed by atoms with Crippen molar-refractivity contribution >= 4 is 45.4 Å². The largest absolute Gasteiger partial charge is 0.285 e. The van der Waals surface area contributed by atoms with Crippen molar-refractivity contribution in [3.63, 3.8) is 0 Å². The average Bonchev–Trinajstić information content (AvgIpc) is 3.20. The first-order valence-electron chi connectivity index (χ1n) is 6.27. The van der Waals surface area contributed by atoms with E-state index in [1.54, 1.807) is 24.3 Å². The van der Waals surface area contributed by atoms with Gasteiger partial charge in [-0.2, -0.15) is 21.0 Å². The van der Waals surface area contributed by atoms with Crippen LogP contribution in [0.5, 0.6) is 0 Å². The van der Waals surface area contributed by atoms with Gasteiger partial charge in [0.15, 0.2) is 0 Å².